The van der Waals surface area contributed by atoms with Gasteiger partial charge in [-0.1, -0.05) is 0 Å². The van der Waals surface area contributed by atoms with Crippen LogP contribution in [-0.4, -0.2) is 24.0 Å². The highest BCUT2D eigenvalue weighted by atomic mass is 32.1. The molecule has 0 aliphatic carbocycles. The standard InChI is InChI=1S/C10H15N3OS/c14-10(8-2-1-3-11-4-8)13-6-9-5-12-7-15-9/h5,7-8,11H,1-4,6H2,(H,13,14)/t8-/m1/s1. The number of carbonyl (C=O) groups is 1. The third-order valence-electron chi connectivity index (χ3n) is 2.59. The molecule has 1 aromatic rings. The van der Waals surface area contributed by atoms with E-state index in [-0.39, 0.29) is 11.8 Å². The summed E-state index contributed by atoms with van der Waals surface area (Å²) in [6.45, 7) is 2.47. The van der Waals surface area contributed by atoms with Crippen molar-refractivity contribution in [1.29, 1.82) is 0 Å². The first-order chi connectivity index (χ1) is 7.36. The maximum absolute atomic E-state index is 11.7. The van der Waals surface area contributed by atoms with Crippen molar-refractivity contribution in [2.45, 2.75) is 19.4 Å². The quantitative estimate of drug-likeness (QED) is 0.798. The van der Waals surface area contributed by atoms with Crippen LogP contribution in [0.5, 0.6) is 0 Å². The summed E-state index contributed by atoms with van der Waals surface area (Å²) < 4.78 is 0. The molecule has 1 saturated heterocycles. The molecule has 0 spiro atoms. The van der Waals surface area contributed by atoms with Crippen LogP contribution in [0, 0.1) is 5.92 Å². The summed E-state index contributed by atoms with van der Waals surface area (Å²) >= 11 is 1.57. The molecule has 1 atom stereocenters. The SMILES string of the molecule is O=C(NCc1cncs1)[C@@H]1CCCNC1. The van der Waals surface area contributed by atoms with Crippen LogP contribution in [0.2, 0.25) is 0 Å². The summed E-state index contributed by atoms with van der Waals surface area (Å²) in [6.07, 6.45) is 3.89. The molecule has 0 saturated carbocycles. The number of hydrogen-bond donors (Lipinski definition) is 2. The first kappa shape index (κ1) is 10.6. The van der Waals surface area contributed by atoms with Crippen molar-refractivity contribution in [3.63, 3.8) is 0 Å². The van der Waals surface area contributed by atoms with E-state index in [2.05, 4.69) is 15.6 Å². The highest BCUT2D eigenvalue weighted by Gasteiger charge is 2.20. The minimum absolute atomic E-state index is 0.145. The van der Waals surface area contributed by atoms with Crippen molar-refractivity contribution in [2.75, 3.05) is 13.1 Å². The van der Waals surface area contributed by atoms with Gasteiger partial charge in [0.15, 0.2) is 0 Å². The van der Waals surface area contributed by atoms with E-state index < -0.39 is 0 Å². The Kier molecular flexibility index (Phi) is 3.69. The van der Waals surface area contributed by atoms with Gasteiger partial charge in [0.05, 0.1) is 18.0 Å². The molecule has 1 aromatic heterocycles. The zero-order chi connectivity index (χ0) is 10.5. The number of piperidine rings is 1. The summed E-state index contributed by atoms with van der Waals surface area (Å²) in [5.74, 6) is 0.308. The van der Waals surface area contributed by atoms with Crippen LogP contribution in [0.15, 0.2) is 11.7 Å². The zero-order valence-electron chi connectivity index (χ0n) is 8.53. The van der Waals surface area contributed by atoms with Crippen LogP contribution in [0.25, 0.3) is 0 Å². The number of hydrogen-bond acceptors (Lipinski definition) is 4. The highest BCUT2D eigenvalue weighted by molar-refractivity contribution is 7.09. The third-order valence-corrected chi connectivity index (χ3v) is 3.37. The largest absolute Gasteiger partial charge is 0.351 e. The van der Waals surface area contributed by atoms with Crippen LogP contribution < -0.4 is 10.6 Å². The van der Waals surface area contributed by atoms with E-state index in [1.807, 2.05) is 0 Å². The zero-order valence-corrected chi connectivity index (χ0v) is 9.35. The van der Waals surface area contributed by atoms with Crippen LogP contribution in [0.1, 0.15) is 17.7 Å². The second-order valence-corrected chi connectivity index (χ2v) is 4.70. The van der Waals surface area contributed by atoms with E-state index in [9.17, 15) is 4.79 Å². The van der Waals surface area contributed by atoms with Crippen LogP contribution in [0.3, 0.4) is 0 Å². The normalized spacial score (nSPS) is 21.2. The van der Waals surface area contributed by atoms with Crippen molar-refractivity contribution >= 4 is 17.2 Å². The van der Waals surface area contributed by atoms with Gasteiger partial charge in [0.2, 0.25) is 5.91 Å². The van der Waals surface area contributed by atoms with Gasteiger partial charge in [0.1, 0.15) is 0 Å². The van der Waals surface area contributed by atoms with Crippen molar-refractivity contribution in [3.05, 3.63) is 16.6 Å². The molecule has 2 heterocycles. The van der Waals surface area contributed by atoms with E-state index in [1.54, 1.807) is 23.0 Å². The monoisotopic (exact) mass is 225 g/mol. The van der Waals surface area contributed by atoms with Crippen LogP contribution in [-0.2, 0) is 11.3 Å². The van der Waals surface area contributed by atoms with Gasteiger partial charge in [-0.3, -0.25) is 9.78 Å². The number of aromatic nitrogens is 1. The molecule has 0 aromatic carbocycles. The van der Waals surface area contributed by atoms with Crippen molar-refractivity contribution in [2.24, 2.45) is 5.92 Å². The molecule has 0 unspecified atom stereocenters. The predicted octanol–water partition coefficient (Wildman–Crippen LogP) is 0.759. The molecule has 0 radical (unpaired) electrons. The maximum Gasteiger partial charge on any atom is 0.224 e. The Bertz CT molecular complexity index is 306. The molecule has 1 fully saturated rings. The summed E-state index contributed by atoms with van der Waals surface area (Å²) in [7, 11) is 0. The average molecular weight is 225 g/mol. The van der Waals surface area contributed by atoms with Gasteiger partial charge in [0.25, 0.3) is 0 Å². The lowest BCUT2D eigenvalue weighted by Crippen LogP contribution is -2.40. The van der Waals surface area contributed by atoms with E-state index in [1.165, 1.54) is 0 Å². The van der Waals surface area contributed by atoms with Crippen molar-refractivity contribution in [3.8, 4) is 0 Å². The Hall–Kier alpha value is -0.940. The van der Waals surface area contributed by atoms with Gasteiger partial charge < -0.3 is 10.6 Å². The van der Waals surface area contributed by atoms with E-state index in [4.69, 9.17) is 0 Å². The molecular formula is C10H15N3OS. The number of amides is 1. The van der Waals surface area contributed by atoms with Gasteiger partial charge >= 0.3 is 0 Å². The minimum atomic E-state index is 0.145. The molecule has 15 heavy (non-hydrogen) atoms. The first-order valence-electron chi connectivity index (χ1n) is 5.22. The topological polar surface area (TPSA) is 54.0 Å². The Morgan fingerprint density at radius 1 is 1.73 bits per heavy atom. The summed E-state index contributed by atoms with van der Waals surface area (Å²) in [4.78, 5) is 16.8. The fraction of sp³-hybridized carbons (Fsp3) is 0.600. The van der Waals surface area contributed by atoms with Gasteiger partial charge in [-0.25, -0.2) is 0 Å². The van der Waals surface area contributed by atoms with Gasteiger partial charge in [-0.2, -0.15) is 0 Å². The number of rotatable bonds is 3. The highest BCUT2D eigenvalue weighted by Crippen LogP contribution is 2.10. The number of carbonyl (C=O) groups excluding carboxylic acids is 1. The summed E-state index contributed by atoms with van der Waals surface area (Å²) in [5, 5.41) is 6.18. The summed E-state index contributed by atoms with van der Waals surface area (Å²) in [5.41, 5.74) is 1.78. The number of nitrogens with zero attached hydrogens (tertiary/aromatic N) is 1. The predicted molar refractivity (Wildman–Crippen MR) is 59.6 cm³/mol. The van der Waals surface area contributed by atoms with E-state index in [0.29, 0.717) is 6.54 Å². The summed E-state index contributed by atoms with van der Waals surface area (Å²) in [6, 6.07) is 0. The van der Waals surface area contributed by atoms with Crippen LogP contribution in [0.4, 0.5) is 0 Å². The number of thiazole rings is 1. The molecule has 2 N–H and O–H groups in total. The molecular weight excluding hydrogens is 210 g/mol. The average Bonchev–Trinajstić information content (AvgIpc) is 2.80. The molecule has 1 aliphatic heterocycles. The van der Waals surface area contributed by atoms with Crippen LogP contribution >= 0.6 is 11.3 Å². The lowest BCUT2D eigenvalue weighted by atomic mass is 9.99. The van der Waals surface area contributed by atoms with Gasteiger partial charge in [-0.05, 0) is 19.4 Å². The maximum atomic E-state index is 11.7. The number of nitrogens with one attached hydrogen (secondary N) is 2. The fourth-order valence-electron chi connectivity index (χ4n) is 1.72. The smallest absolute Gasteiger partial charge is 0.224 e. The Balaban J connectivity index is 1.76. The third kappa shape index (κ3) is 3.00. The molecule has 4 nitrogen and oxygen atoms in total. The van der Waals surface area contributed by atoms with E-state index >= 15 is 0 Å². The first-order valence-corrected chi connectivity index (χ1v) is 6.10. The fourth-order valence-corrected chi connectivity index (χ4v) is 2.26. The van der Waals surface area contributed by atoms with E-state index in [0.717, 1.165) is 30.8 Å². The van der Waals surface area contributed by atoms with Gasteiger partial charge in [-0.15, -0.1) is 11.3 Å². The van der Waals surface area contributed by atoms with Gasteiger partial charge in [0, 0.05) is 17.6 Å². The Labute approximate surface area is 93.1 Å². The Morgan fingerprint density at radius 2 is 2.67 bits per heavy atom. The minimum Gasteiger partial charge on any atom is -0.351 e. The lowest BCUT2D eigenvalue weighted by Gasteiger charge is -2.21. The molecule has 82 valence electrons. The molecule has 2 rings (SSSR count). The second kappa shape index (κ2) is 5.23. The molecule has 1 amide bonds. The lowest BCUT2D eigenvalue weighted by molar-refractivity contribution is -0.125. The van der Waals surface area contributed by atoms with Crippen molar-refractivity contribution in [1.82, 2.24) is 15.6 Å². The molecule has 1 aliphatic rings. The molecule has 0 bridgehead atoms. The molecule has 5 heteroatoms. The second-order valence-electron chi connectivity index (χ2n) is 3.73. The van der Waals surface area contributed by atoms with Crippen molar-refractivity contribution < 1.29 is 4.79 Å². The Morgan fingerprint density at radius 3 is 3.33 bits per heavy atom.